The van der Waals surface area contributed by atoms with E-state index in [1.807, 2.05) is 13.8 Å². The van der Waals surface area contributed by atoms with E-state index in [1.54, 1.807) is 24.1 Å². The fraction of sp³-hybridized carbons (Fsp3) is 0.692. The van der Waals surface area contributed by atoms with Crippen molar-refractivity contribution in [1.82, 2.24) is 9.55 Å². The molecular weight excluding hydrogens is 230 g/mol. The van der Waals surface area contributed by atoms with Crippen molar-refractivity contribution >= 4 is 5.82 Å². The predicted octanol–water partition coefficient (Wildman–Crippen LogP) is 1.74. The Morgan fingerprint density at radius 1 is 1.50 bits per heavy atom. The zero-order valence-electron chi connectivity index (χ0n) is 11.9. The van der Waals surface area contributed by atoms with Crippen molar-refractivity contribution in [1.29, 1.82) is 0 Å². The molecule has 0 saturated heterocycles. The molecule has 5 nitrogen and oxygen atoms in total. The molecule has 1 heterocycles. The molecule has 0 aromatic carbocycles. The molecule has 0 spiro atoms. The van der Waals surface area contributed by atoms with Crippen LogP contribution in [0.3, 0.4) is 0 Å². The average molecular weight is 253 g/mol. The van der Waals surface area contributed by atoms with Gasteiger partial charge < -0.3 is 14.6 Å². The first kappa shape index (κ1) is 14.7. The van der Waals surface area contributed by atoms with E-state index in [0.717, 1.165) is 0 Å². The predicted molar refractivity (Wildman–Crippen MR) is 72.9 cm³/mol. The lowest BCUT2D eigenvalue weighted by Gasteiger charge is -2.23. The Morgan fingerprint density at radius 3 is 2.72 bits per heavy atom. The third-order valence-corrected chi connectivity index (χ3v) is 2.71. The van der Waals surface area contributed by atoms with Gasteiger partial charge in [0.25, 0.3) is 5.56 Å². The van der Waals surface area contributed by atoms with E-state index >= 15 is 0 Å². The average Bonchev–Trinajstić information content (AvgIpc) is 2.30. The molecule has 0 unspecified atom stereocenters. The molecule has 1 rings (SSSR count). The summed E-state index contributed by atoms with van der Waals surface area (Å²) in [5.74, 6) is 0.802. The second kappa shape index (κ2) is 6.00. The van der Waals surface area contributed by atoms with Gasteiger partial charge in [-0.15, -0.1) is 0 Å². The first-order chi connectivity index (χ1) is 8.35. The van der Waals surface area contributed by atoms with E-state index in [4.69, 9.17) is 4.74 Å². The third-order valence-electron chi connectivity index (χ3n) is 2.71. The quantitative estimate of drug-likeness (QED) is 0.839. The molecule has 0 aliphatic carbocycles. The zero-order chi connectivity index (χ0) is 13.8. The van der Waals surface area contributed by atoms with E-state index in [1.165, 1.54) is 0 Å². The number of hydrogen-bond donors (Lipinski definition) is 1. The summed E-state index contributed by atoms with van der Waals surface area (Å²) in [6, 6.07) is 0. The van der Waals surface area contributed by atoms with Gasteiger partial charge in [0.05, 0.1) is 5.60 Å². The smallest absolute Gasteiger partial charge is 0.293 e. The highest BCUT2D eigenvalue weighted by Crippen LogP contribution is 2.07. The Balaban J connectivity index is 2.81. The van der Waals surface area contributed by atoms with Gasteiger partial charge in [-0.2, -0.15) is 0 Å². The molecule has 0 radical (unpaired) electrons. The Morgan fingerprint density at radius 2 is 2.17 bits per heavy atom. The lowest BCUT2D eigenvalue weighted by molar-refractivity contribution is 0.0343. The number of anilines is 1. The molecule has 0 fully saturated rings. The van der Waals surface area contributed by atoms with Gasteiger partial charge >= 0.3 is 0 Å². The molecule has 0 amide bonds. The summed E-state index contributed by atoms with van der Waals surface area (Å²) in [5, 5.41) is 3.05. The van der Waals surface area contributed by atoms with Crippen LogP contribution < -0.4 is 10.9 Å². The maximum absolute atomic E-state index is 12.1. The first-order valence-corrected chi connectivity index (χ1v) is 6.20. The number of nitrogens with one attached hydrogen (secondary N) is 1. The summed E-state index contributed by atoms with van der Waals surface area (Å²) >= 11 is 0. The molecule has 102 valence electrons. The molecule has 18 heavy (non-hydrogen) atoms. The van der Waals surface area contributed by atoms with E-state index in [-0.39, 0.29) is 11.2 Å². The molecule has 5 heteroatoms. The summed E-state index contributed by atoms with van der Waals surface area (Å²) in [5.41, 5.74) is -0.412. The number of methoxy groups -OCH3 is 1. The lowest BCUT2D eigenvalue weighted by Crippen LogP contribution is -2.35. The highest BCUT2D eigenvalue weighted by Gasteiger charge is 2.17. The highest BCUT2D eigenvalue weighted by molar-refractivity contribution is 5.31. The Labute approximate surface area is 108 Å². The van der Waals surface area contributed by atoms with Crippen LogP contribution in [0.4, 0.5) is 5.82 Å². The first-order valence-electron chi connectivity index (χ1n) is 6.20. The number of ether oxygens (including phenoxy) is 1. The second-order valence-corrected chi connectivity index (χ2v) is 5.44. The van der Waals surface area contributed by atoms with Gasteiger partial charge in [0, 0.05) is 32.6 Å². The van der Waals surface area contributed by atoms with Crippen LogP contribution in [-0.2, 0) is 11.3 Å². The molecule has 0 saturated carbocycles. The van der Waals surface area contributed by atoms with Gasteiger partial charge in [-0.1, -0.05) is 13.8 Å². The van der Waals surface area contributed by atoms with Crippen molar-refractivity contribution < 1.29 is 4.74 Å². The van der Waals surface area contributed by atoms with Crippen molar-refractivity contribution in [3.8, 4) is 0 Å². The van der Waals surface area contributed by atoms with Crippen LogP contribution in [0, 0.1) is 5.92 Å². The molecule has 1 aromatic heterocycles. The maximum atomic E-state index is 12.1. The molecule has 1 aromatic rings. The van der Waals surface area contributed by atoms with Gasteiger partial charge in [-0.25, -0.2) is 4.98 Å². The normalized spacial score (nSPS) is 11.9. The SMILES string of the molecule is COC(C)(C)CNc1nccn(CC(C)C)c1=O. The largest absolute Gasteiger partial charge is 0.377 e. The molecule has 0 aliphatic rings. The van der Waals surface area contributed by atoms with Crippen molar-refractivity contribution in [2.75, 3.05) is 19.0 Å². The summed E-state index contributed by atoms with van der Waals surface area (Å²) in [7, 11) is 1.65. The number of rotatable bonds is 6. The van der Waals surface area contributed by atoms with Gasteiger partial charge in [-0.3, -0.25) is 4.79 Å². The van der Waals surface area contributed by atoms with Gasteiger partial charge in [0.1, 0.15) is 0 Å². The van der Waals surface area contributed by atoms with Crippen LogP contribution in [0.25, 0.3) is 0 Å². The zero-order valence-corrected chi connectivity index (χ0v) is 11.9. The van der Waals surface area contributed by atoms with Crippen LogP contribution in [0.1, 0.15) is 27.7 Å². The van der Waals surface area contributed by atoms with Gasteiger partial charge in [0.2, 0.25) is 0 Å². The Kier molecular flexibility index (Phi) is 4.90. The van der Waals surface area contributed by atoms with Crippen molar-refractivity contribution in [2.45, 2.75) is 39.8 Å². The second-order valence-electron chi connectivity index (χ2n) is 5.44. The van der Waals surface area contributed by atoms with E-state index in [9.17, 15) is 4.79 Å². The summed E-state index contributed by atoms with van der Waals surface area (Å²) in [4.78, 5) is 16.2. The number of nitrogens with zero attached hydrogens (tertiary/aromatic N) is 2. The van der Waals surface area contributed by atoms with Crippen LogP contribution in [0.5, 0.6) is 0 Å². The molecule has 0 atom stereocenters. The fourth-order valence-corrected chi connectivity index (χ4v) is 1.47. The molecule has 0 bridgehead atoms. The van der Waals surface area contributed by atoms with Crippen molar-refractivity contribution in [2.24, 2.45) is 5.92 Å². The highest BCUT2D eigenvalue weighted by atomic mass is 16.5. The maximum Gasteiger partial charge on any atom is 0.293 e. The van der Waals surface area contributed by atoms with Crippen LogP contribution in [0.2, 0.25) is 0 Å². The van der Waals surface area contributed by atoms with Crippen molar-refractivity contribution in [3.05, 3.63) is 22.7 Å². The summed E-state index contributed by atoms with van der Waals surface area (Å²) in [6.45, 7) is 9.30. The minimum Gasteiger partial charge on any atom is -0.377 e. The summed E-state index contributed by atoms with van der Waals surface area (Å²) in [6.07, 6.45) is 3.36. The fourth-order valence-electron chi connectivity index (χ4n) is 1.47. The van der Waals surface area contributed by atoms with Gasteiger partial charge in [0.15, 0.2) is 5.82 Å². The minimum atomic E-state index is -0.327. The van der Waals surface area contributed by atoms with E-state index in [0.29, 0.717) is 24.8 Å². The van der Waals surface area contributed by atoms with Crippen LogP contribution >= 0.6 is 0 Å². The lowest BCUT2D eigenvalue weighted by atomic mass is 10.1. The van der Waals surface area contributed by atoms with E-state index in [2.05, 4.69) is 24.1 Å². The molecule has 0 aliphatic heterocycles. The topological polar surface area (TPSA) is 56.1 Å². The Hall–Kier alpha value is -1.36. The molecular formula is C13H23N3O2. The standard InChI is InChI=1S/C13H23N3O2/c1-10(2)8-16-7-6-14-11(12(16)17)15-9-13(3,4)18-5/h6-7,10H,8-9H2,1-5H3,(H,14,15). The van der Waals surface area contributed by atoms with Crippen LogP contribution in [0.15, 0.2) is 17.2 Å². The van der Waals surface area contributed by atoms with Crippen LogP contribution in [-0.4, -0.2) is 28.8 Å². The summed E-state index contributed by atoms with van der Waals surface area (Å²) < 4.78 is 6.98. The molecule has 1 N–H and O–H groups in total. The Bertz CT molecular complexity index is 438. The number of hydrogen-bond acceptors (Lipinski definition) is 4. The monoisotopic (exact) mass is 253 g/mol. The third kappa shape index (κ3) is 4.14. The number of aromatic nitrogens is 2. The minimum absolute atomic E-state index is 0.0851. The van der Waals surface area contributed by atoms with Crippen molar-refractivity contribution in [3.63, 3.8) is 0 Å². The van der Waals surface area contributed by atoms with E-state index < -0.39 is 0 Å². The van der Waals surface area contributed by atoms with Gasteiger partial charge in [-0.05, 0) is 19.8 Å².